The molecule has 2 N–H and O–H groups in total. The first-order valence-electron chi connectivity index (χ1n) is 6.28. The van der Waals surface area contributed by atoms with Gasteiger partial charge in [0.2, 0.25) is 5.91 Å². The lowest BCUT2D eigenvalue weighted by Gasteiger charge is -2.28. The predicted octanol–water partition coefficient (Wildman–Crippen LogP) is 1.79. The molecule has 3 nitrogen and oxygen atoms in total. The third-order valence-corrected chi connectivity index (χ3v) is 4.22. The fraction of sp³-hybridized carbons (Fsp3) is 0.615. The van der Waals surface area contributed by atoms with Gasteiger partial charge in [-0.25, -0.2) is 0 Å². The van der Waals surface area contributed by atoms with Crippen LogP contribution < -0.4 is 10.6 Å². The Morgan fingerprint density at radius 2 is 2.59 bits per heavy atom. The average Bonchev–Trinajstić information content (AvgIpc) is 2.82. The lowest BCUT2D eigenvalue weighted by atomic mass is 9.93. The molecule has 2 unspecified atom stereocenters. The van der Waals surface area contributed by atoms with Gasteiger partial charge in [-0.1, -0.05) is 6.07 Å². The lowest BCUT2D eigenvalue weighted by molar-refractivity contribution is -0.121. The van der Waals surface area contributed by atoms with E-state index in [0.29, 0.717) is 12.3 Å². The Balaban J connectivity index is 1.77. The van der Waals surface area contributed by atoms with Crippen molar-refractivity contribution in [3.05, 3.63) is 22.4 Å². The van der Waals surface area contributed by atoms with Crippen molar-refractivity contribution in [2.24, 2.45) is 5.92 Å². The highest BCUT2D eigenvalue weighted by atomic mass is 32.1. The quantitative estimate of drug-likeness (QED) is 0.858. The molecule has 94 valence electrons. The van der Waals surface area contributed by atoms with Crippen LogP contribution in [0.5, 0.6) is 0 Å². The van der Waals surface area contributed by atoms with Crippen LogP contribution in [0.4, 0.5) is 0 Å². The van der Waals surface area contributed by atoms with Gasteiger partial charge in [-0.2, -0.15) is 0 Å². The number of piperidine rings is 1. The molecule has 2 rings (SSSR count). The molecule has 1 saturated heterocycles. The Hall–Kier alpha value is -0.870. The summed E-state index contributed by atoms with van der Waals surface area (Å²) in [5.41, 5.74) is 0. The van der Waals surface area contributed by atoms with E-state index in [1.165, 1.54) is 12.8 Å². The molecule has 17 heavy (non-hydrogen) atoms. The third kappa shape index (κ3) is 3.82. The minimum atomic E-state index is 0.144. The zero-order chi connectivity index (χ0) is 12.1. The zero-order valence-corrected chi connectivity index (χ0v) is 11.1. The molecule has 2 heterocycles. The molecule has 1 aromatic rings. The maximum absolute atomic E-state index is 11.8. The van der Waals surface area contributed by atoms with Crippen molar-refractivity contribution in [2.45, 2.75) is 32.2 Å². The van der Waals surface area contributed by atoms with E-state index in [2.05, 4.69) is 17.6 Å². The van der Waals surface area contributed by atoms with Crippen LogP contribution in [0.3, 0.4) is 0 Å². The van der Waals surface area contributed by atoms with Crippen LogP contribution in [0.15, 0.2) is 17.5 Å². The van der Waals surface area contributed by atoms with Crippen molar-refractivity contribution in [3.63, 3.8) is 0 Å². The van der Waals surface area contributed by atoms with E-state index in [-0.39, 0.29) is 11.9 Å². The van der Waals surface area contributed by atoms with Crippen molar-refractivity contribution in [2.75, 3.05) is 13.1 Å². The Morgan fingerprint density at radius 3 is 3.24 bits per heavy atom. The number of carbonyl (C=O) groups excluding carboxylic acids is 1. The Kier molecular flexibility index (Phi) is 4.57. The molecule has 0 aliphatic carbocycles. The Morgan fingerprint density at radius 1 is 1.71 bits per heavy atom. The number of nitrogens with one attached hydrogen (secondary N) is 2. The predicted molar refractivity (Wildman–Crippen MR) is 71.2 cm³/mol. The molecule has 0 aromatic carbocycles. The fourth-order valence-electron chi connectivity index (χ4n) is 2.30. The molecule has 0 saturated carbocycles. The van der Waals surface area contributed by atoms with Crippen LogP contribution in [0.2, 0.25) is 0 Å². The molecule has 0 spiro atoms. The van der Waals surface area contributed by atoms with E-state index in [0.717, 1.165) is 18.0 Å². The standard InChI is InChI=1S/C13H20N2OS/c1-10(11-4-2-6-14-9-11)15-13(16)8-12-5-3-7-17-12/h3,5,7,10-11,14H,2,4,6,8-9H2,1H3,(H,15,16). The smallest absolute Gasteiger partial charge is 0.225 e. The van der Waals surface area contributed by atoms with Gasteiger partial charge in [0, 0.05) is 10.9 Å². The maximum Gasteiger partial charge on any atom is 0.225 e. The second kappa shape index (κ2) is 6.17. The number of carbonyl (C=O) groups is 1. The highest BCUT2D eigenvalue weighted by Gasteiger charge is 2.21. The highest BCUT2D eigenvalue weighted by molar-refractivity contribution is 7.10. The maximum atomic E-state index is 11.8. The molecule has 1 aliphatic rings. The average molecular weight is 252 g/mol. The van der Waals surface area contributed by atoms with Gasteiger partial charge >= 0.3 is 0 Å². The Labute approximate surface area is 107 Å². The molecule has 1 aromatic heterocycles. The first-order chi connectivity index (χ1) is 8.25. The SMILES string of the molecule is CC(NC(=O)Cc1cccs1)C1CCCNC1. The van der Waals surface area contributed by atoms with Gasteiger partial charge in [0.05, 0.1) is 6.42 Å². The minimum absolute atomic E-state index is 0.144. The monoisotopic (exact) mass is 252 g/mol. The molecule has 0 radical (unpaired) electrons. The van der Waals surface area contributed by atoms with Crippen molar-refractivity contribution < 1.29 is 4.79 Å². The van der Waals surface area contributed by atoms with Crippen molar-refractivity contribution >= 4 is 17.2 Å². The molecule has 4 heteroatoms. The van der Waals surface area contributed by atoms with Crippen LogP contribution in [-0.4, -0.2) is 25.0 Å². The second-order valence-corrected chi connectivity index (χ2v) is 5.75. The van der Waals surface area contributed by atoms with E-state index in [1.54, 1.807) is 11.3 Å². The molecule has 2 atom stereocenters. The van der Waals surface area contributed by atoms with E-state index in [9.17, 15) is 4.79 Å². The first-order valence-corrected chi connectivity index (χ1v) is 7.16. The van der Waals surface area contributed by atoms with Crippen LogP contribution in [0.1, 0.15) is 24.6 Å². The van der Waals surface area contributed by atoms with Gasteiger partial charge in [-0.05, 0) is 50.2 Å². The van der Waals surface area contributed by atoms with Crippen molar-refractivity contribution in [3.8, 4) is 0 Å². The Bertz CT molecular complexity index is 344. The zero-order valence-electron chi connectivity index (χ0n) is 10.2. The molecule has 1 fully saturated rings. The summed E-state index contributed by atoms with van der Waals surface area (Å²) < 4.78 is 0. The fourth-order valence-corrected chi connectivity index (χ4v) is 3.00. The summed E-state index contributed by atoms with van der Waals surface area (Å²) in [5.74, 6) is 0.724. The van der Waals surface area contributed by atoms with Gasteiger partial charge < -0.3 is 10.6 Å². The molecule has 1 aliphatic heterocycles. The van der Waals surface area contributed by atoms with Crippen LogP contribution in [-0.2, 0) is 11.2 Å². The summed E-state index contributed by atoms with van der Waals surface area (Å²) >= 11 is 1.64. The van der Waals surface area contributed by atoms with E-state index >= 15 is 0 Å². The summed E-state index contributed by atoms with van der Waals surface area (Å²) in [4.78, 5) is 13.0. The molecular weight excluding hydrogens is 232 g/mol. The van der Waals surface area contributed by atoms with E-state index in [1.807, 2.05) is 17.5 Å². The van der Waals surface area contributed by atoms with Crippen molar-refractivity contribution in [1.82, 2.24) is 10.6 Å². The van der Waals surface area contributed by atoms with Crippen LogP contribution in [0, 0.1) is 5.92 Å². The summed E-state index contributed by atoms with van der Waals surface area (Å²) in [6.45, 7) is 4.26. The lowest BCUT2D eigenvalue weighted by Crippen LogP contribution is -2.44. The van der Waals surface area contributed by atoms with E-state index < -0.39 is 0 Å². The molecular formula is C13H20N2OS. The topological polar surface area (TPSA) is 41.1 Å². The third-order valence-electron chi connectivity index (χ3n) is 3.35. The number of amides is 1. The van der Waals surface area contributed by atoms with Crippen molar-refractivity contribution in [1.29, 1.82) is 0 Å². The second-order valence-electron chi connectivity index (χ2n) is 4.72. The van der Waals surface area contributed by atoms with Gasteiger partial charge in [-0.3, -0.25) is 4.79 Å². The normalized spacial score (nSPS) is 22.1. The van der Waals surface area contributed by atoms with Crippen LogP contribution in [0.25, 0.3) is 0 Å². The number of rotatable bonds is 4. The minimum Gasteiger partial charge on any atom is -0.353 e. The summed E-state index contributed by atoms with van der Waals surface area (Å²) in [6, 6.07) is 4.27. The molecule has 0 bridgehead atoms. The van der Waals surface area contributed by atoms with Crippen LogP contribution >= 0.6 is 11.3 Å². The first kappa shape index (κ1) is 12.6. The summed E-state index contributed by atoms with van der Waals surface area (Å²) in [6.07, 6.45) is 2.95. The largest absolute Gasteiger partial charge is 0.353 e. The highest BCUT2D eigenvalue weighted by Crippen LogP contribution is 2.15. The van der Waals surface area contributed by atoms with Gasteiger partial charge in [-0.15, -0.1) is 11.3 Å². The van der Waals surface area contributed by atoms with Gasteiger partial charge in [0.1, 0.15) is 0 Å². The van der Waals surface area contributed by atoms with E-state index in [4.69, 9.17) is 0 Å². The number of thiophene rings is 1. The number of hydrogen-bond donors (Lipinski definition) is 2. The summed E-state index contributed by atoms with van der Waals surface area (Å²) in [7, 11) is 0. The summed E-state index contributed by atoms with van der Waals surface area (Å²) in [5, 5.41) is 8.51. The van der Waals surface area contributed by atoms with Gasteiger partial charge in [0.25, 0.3) is 0 Å². The molecule has 1 amide bonds. The van der Waals surface area contributed by atoms with Gasteiger partial charge in [0.15, 0.2) is 0 Å². The number of hydrogen-bond acceptors (Lipinski definition) is 3.